The van der Waals surface area contributed by atoms with Gasteiger partial charge in [0.1, 0.15) is 0 Å². The van der Waals surface area contributed by atoms with Gasteiger partial charge < -0.3 is 16.0 Å². The maximum atomic E-state index is 11.5. The predicted octanol–water partition coefficient (Wildman–Crippen LogP) is 1.11. The number of carbonyl (C=O) groups excluding carboxylic acids is 1. The highest BCUT2D eigenvalue weighted by Gasteiger charge is 2.12. The quantitative estimate of drug-likeness (QED) is 0.776. The number of nitrogens with zero attached hydrogens (tertiary/aromatic N) is 1. The lowest BCUT2D eigenvalue weighted by molar-refractivity contribution is -0.119. The molecule has 0 radical (unpaired) electrons. The largest absolute Gasteiger partial charge is 0.362 e. The lowest BCUT2D eigenvalue weighted by Crippen LogP contribution is -2.36. The third kappa shape index (κ3) is 3.75. The van der Waals surface area contributed by atoms with Gasteiger partial charge in [0.25, 0.3) is 0 Å². The molecule has 0 aliphatic heterocycles. The summed E-state index contributed by atoms with van der Waals surface area (Å²) in [5, 5.41) is 2.65. The highest BCUT2D eigenvalue weighted by molar-refractivity contribution is 5.81. The van der Waals surface area contributed by atoms with Crippen LogP contribution in [-0.2, 0) is 11.3 Å². The first-order chi connectivity index (χ1) is 8.22. The summed E-state index contributed by atoms with van der Waals surface area (Å²) in [5.74, 6) is 0.0188. The Morgan fingerprint density at radius 3 is 2.71 bits per heavy atom. The Morgan fingerprint density at radius 1 is 1.41 bits per heavy atom. The minimum absolute atomic E-state index is 0.0188. The van der Waals surface area contributed by atoms with Crippen molar-refractivity contribution >= 4 is 11.6 Å². The molecule has 94 valence electrons. The normalized spacial score (nSPS) is 10.1. The number of amides is 1. The van der Waals surface area contributed by atoms with Gasteiger partial charge in [0, 0.05) is 25.8 Å². The third-order valence-corrected chi connectivity index (χ3v) is 2.66. The minimum atomic E-state index is 0.0188. The van der Waals surface area contributed by atoms with Gasteiger partial charge >= 0.3 is 0 Å². The molecule has 0 aliphatic rings. The SMILES string of the molecule is CCCN(CC(=O)NC)c1ccccc1CN. The van der Waals surface area contributed by atoms with E-state index in [0.717, 1.165) is 24.2 Å². The average molecular weight is 235 g/mol. The van der Waals surface area contributed by atoms with E-state index in [0.29, 0.717) is 13.1 Å². The van der Waals surface area contributed by atoms with E-state index in [9.17, 15) is 4.79 Å². The van der Waals surface area contributed by atoms with Crippen LogP contribution >= 0.6 is 0 Å². The molecule has 0 fully saturated rings. The Balaban J connectivity index is 2.91. The Labute approximate surface area is 103 Å². The fourth-order valence-electron chi connectivity index (χ4n) is 1.80. The molecule has 1 rings (SSSR count). The Morgan fingerprint density at radius 2 is 2.12 bits per heavy atom. The summed E-state index contributed by atoms with van der Waals surface area (Å²) in [6, 6.07) is 7.96. The van der Waals surface area contributed by atoms with E-state index >= 15 is 0 Å². The molecule has 0 spiro atoms. The molecule has 0 aromatic heterocycles. The zero-order valence-corrected chi connectivity index (χ0v) is 10.6. The first kappa shape index (κ1) is 13.5. The molecule has 1 aromatic carbocycles. The molecule has 0 atom stereocenters. The summed E-state index contributed by atoms with van der Waals surface area (Å²) in [7, 11) is 1.65. The number of hydrogen-bond acceptors (Lipinski definition) is 3. The van der Waals surface area contributed by atoms with Gasteiger partial charge in [-0.1, -0.05) is 25.1 Å². The molecule has 4 nitrogen and oxygen atoms in total. The predicted molar refractivity (Wildman–Crippen MR) is 70.9 cm³/mol. The second-order valence-corrected chi connectivity index (χ2v) is 3.93. The minimum Gasteiger partial charge on any atom is -0.362 e. The molecule has 3 N–H and O–H groups in total. The lowest BCUT2D eigenvalue weighted by Gasteiger charge is -2.25. The standard InChI is InChI=1S/C13H21N3O/c1-3-8-16(10-13(17)15-2)12-7-5-4-6-11(12)9-14/h4-7H,3,8-10,14H2,1-2H3,(H,15,17). The number of rotatable bonds is 6. The van der Waals surface area contributed by atoms with E-state index in [1.807, 2.05) is 24.3 Å². The van der Waals surface area contributed by atoms with Crippen molar-refractivity contribution in [3.8, 4) is 0 Å². The van der Waals surface area contributed by atoms with E-state index in [1.54, 1.807) is 7.05 Å². The summed E-state index contributed by atoms with van der Waals surface area (Å²) in [5.41, 5.74) is 7.85. The van der Waals surface area contributed by atoms with Crippen LogP contribution in [0.4, 0.5) is 5.69 Å². The summed E-state index contributed by atoms with van der Waals surface area (Å²) < 4.78 is 0. The number of nitrogens with one attached hydrogen (secondary N) is 1. The molecule has 4 heteroatoms. The Hall–Kier alpha value is -1.55. The second kappa shape index (κ2) is 6.91. The molecule has 0 aliphatic carbocycles. The molecule has 0 heterocycles. The van der Waals surface area contributed by atoms with Crippen molar-refractivity contribution in [2.45, 2.75) is 19.9 Å². The molecule has 1 amide bonds. The maximum Gasteiger partial charge on any atom is 0.239 e. The third-order valence-electron chi connectivity index (χ3n) is 2.66. The van der Waals surface area contributed by atoms with Crippen LogP contribution in [0.1, 0.15) is 18.9 Å². The summed E-state index contributed by atoms with van der Waals surface area (Å²) in [6.45, 7) is 3.82. The topological polar surface area (TPSA) is 58.4 Å². The number of nitrogens with two attached hydrogens (primary N) is 1. The van der Waals surface area contributed by atoms with Gasteiger partial charge in [-0.15, -0.1) is 0 Å². The zero-order chi connectivity index (χ0) is 12.7. The first-order valence-corrected chi connectivity index (χ1v) is 5.96. The first-order valence-electron chi connectivity index (χ1n) is 5.96. The van der Waals surface area contributed by atoms with Gasteiger partial charge in [-0.2, -0.15) is 0 Å². The van der Waals surface area contributed by atoms with Crippen molar-refractivity contribution < 1.29 is 4.79 Å². The van der Waals surface area contributed by atoms with Crippen LogP contribution in [0.25, 0.3) is 0 Å². The van der Waals surface area contributed by atoms with Crippen molar-refractivity contribution in [1.82, 2.24) is 5.32 Å². The molecular formula is C13H21N3O. The van der Waals surface area contributed by atoms with Crippen LogP contribution in [0.3, 0.4) is 0 Å². The monoisotopic (exact) mass is 235 g/mol. The van der Waals surface area contributed by atoms with Gasteiger partial charge in [-0.05, 0) is 18.1 Å². The molecule has 0 unspecified atom stereocenters. The van der Waals surface area contributed by atoms with E-state index in [4.69, 9.17) is 5.73 Å². The number of carbonyl (C=O) groups is 1. The smallest absolute Gasteiger partial charge is 0.239 e. The van der Waals surface area contributed by atoms with Crippen LogP contribution in [0.2, 0.25) is 0 Å². The van der Waals surface area contributed by atoms with Crippen LogP contribution in [0, 0.1) is 0 Å². The lowest BCUT2D eigenvalue weighted by atomic mass is 10.1. The van der Waals surface area contributed by atoms with Crippen molar-refractivity contribution in [2.75, 3.05) is 25.0 Å². The highest BCUT2D eigenvalue weighted by atomic mass is 16.1. The van der Waals surface area contributed by atoms with Gasteiger partial charge in [-0.3, -0.25) is 4.79 Å². The highest BCUT2D eigenvalue weighted by Crippen LogP contribution is 2.19. The second-order valence-electron chi connectivity index (χ2n) is 3.93. The van der Waals surface area contributed by atoms with E-state index in [1.165, 1.54) is 0 Å². The van der Waals surface area contributed by atoms with Crippen molar-refractivity contribution in [2.24, 2.45) is 5.73 Å². The van der Waals surface area contributed by atoms with Gasteiger partial charge in [-0.25, -0.2) is 0 Å². The van der Waals surface area contributed by atoms with E-state index < -0.39 is 0 Å². The molecule has 1 aromatic rings. The van der Waals surface area contributed by atoms with Crippen molar-refractivity contribution in [3.05, 3.63) is 29.8 Å². The summed E-state index contributed by atoms with van der Waals surface area (Å²) >= 11 is 0. The van der Waals surface area contributed by atoms with Gasteiger partial charge in [0.15, 0.2) is 0 Å². The van der Waals surface area contributed by atoms with E-state index in [2.05, 4.69) is 17.1 Å². The number of para-hydroxylation sites is 1. The molecule has 0 bridgehead atoms. The van der Waals surface area contributed by atoms with Crippen LogP contribution < -0.4 is 16.0 Å². The fourth-order valence-corrected chi connectivity index (χ4v) is 1.80. The molecule has 0 saturated carbocycles. The Kier molecular flexibility index (Phi) is 5.49. The van der Waals surface area contributed by atoms with Gasteiger partial charge in [0.2, 0.25) is 5.91 Å². The van der Waals surface area contributed by atoms with Gasteiger partial charge in [0.05, 0.1) is 6.54 Å². The van der Waals surface area contributed by atoms with Crippen LogP contribution in [0.5, 0.6) is 0 Å². The molecule has 0 saturated heterocycles. The fraction of sp³-hybridized carbons (Fsp3) is 0.462. The summed E-state index contributed by atoms with van der Waals surface area (Å²) in [4.78, 5) is 13.6. The molecule has 17 heavy (non-hydrogen) atoms. The summed E-state index contributed by atoms with van der Waals surface area (Å²) in [6.07, 6.45) is 0.996. The number of anilines is 1. The Bertz CT molecular complexity index is 365. The van der Waals surface area contributed by atoms with E-state index in [-0.39, 0.29) is 5.91 Å². The molecular weight excluding hydrogens is 214 g/mol. The van der Waals surface area contributed by atoms with Crippen molar-refractivity contribution in [3.63, 3.8) is 0 Å². The average Bonchev–Trinajstić information content (AvgIpc) is 2.38. The number of likely N-dealkylation sites (N-methyl/N-ethyl adjacent to an activating group) is 1. The maximum absolute atomic E-state index is 11.5. The van der Waals surface area contributed by atoms with Crippen LogP contribution in [-0.4, -0.2) is 26.0 Å². The van der Waals surface area contributed by atoms with Crippen molar-refractivity contribution in [1.29, 1.82) is 0 Å². The number of benzene rings is 1. The zero-order valence-electron chi connectivity index (χ0n) is 10.6. The van der Waals surface area contributed by atoms with Crippen LogP contribution in [0.15, 0.2) is 24.3 Å². The number of hydrogen-bond donors (Lipinski definition) is 2.